The molecule has 0 aliphatic heterocycles. The minimum atomic E-state index is -4.19. The number of carbonyl (C=O) groups excluding carboxylic acids is 2. The number of halogens is 1. The predicted octanol–water partition coefficient (Wildman–Crippen LogP) is 6.21. The number of hydrogen-bond donors (Lipinski definition) is 1. The summed E-state index contributed by atoms with van der Waals surface area (Å²) >= 11 is 3.46. The summed E-state index contributed by atoms with van der Waals surface area (Å²) in [7, 11) is -2.70. The number of sulfonamides is 1. The van der Waals surface area contributed by atoms with Crippen LogP contribution in [0.4, 0.5) is 5.69 Å². The molecule has 2 amide bonds. The molecule has 2 atom stereocenters. The van der Waals surface area contributed by atoms with Gasteiger partial charge in [-0.15, -0.1) is 0 Å². The van der Waals surface area contributed by atoms with Crippen LogP contribution in [0, 0.1) is 0 Å². The molecule has 0 radical (unpaired) electrons. The maximum absolute atomic E-state index is 14.5. The molecule has 0 saturated heterocycles. The molecule has 0 aromatic heterocycles. The predicted molar refractivity (Wildman–Crippen MR) is 180 cm³/mol. The highest BCUT2D eigenvalue weighted by Gasteiger charge is 2.35. The lowest BCUT2D eigenvalue weighted by Gasteiger charge is -2.34. The fourth-order valence-electron chi connectivity index (χ4n) is 4.80. The van der Waals surface area contributed by atoms with Gasteiger partial charge < -0.3 is 15.0 Å². The first-order chi connectivity index (χ1) is 21.6. The molecule has 0 aliphatic carbocycles. The zero-order chi connectivity index (χ0) is 32.4. The molecule has 8 nitrogen and oxygen atoms in total. The SMILES string of the molecule is CC[C@@H](C)NC(=O)[C@H](Cc1ccccc1)N(Cc1ccc(Br)cc1)C(=O)CN(c1cccc(OC)c1)S(=O)(=O)c1ccccc1. The van der Waals surface area contributed by atoms with Crippen molar-refractivity contribution in [2.24, 2.45) is 0 Å². The summed E-state index contributed by atoms with van der Waals surface area (Å²) in [6.07, 6.45) is 0.958. The largest absolute Gasteiger partial charge is 0.497 e. The molecule has 0 unspecified atom stereocenters. The number of anilines is 1. The van der Waals surface area contributed by atoms with Crippen molar-refractivity contribution in [1.82, 2.24) is 10.2 Å². The Bertz CT molecular complexity index is 1670. The molecule has 4 rings (SSSR count). The van der Waals surface area contributed by atoms with Gasteiger partial charge in [0.15, 0.2) is 0 Å². The molecule has 0 fully saturated rings. The van der Waals surface area contributed by atoms with Gasteiger partial charge in [-0.2, -0.15) is 0 Å². The van der Waals surface area contributed by atoms with Crippen LogP contribution in [-0.2, 0) is 32.6 Å². The zero-order valence-electron chi connectivity index (χ0n) is 25.6. The van der Waals surface area contributed by atoms with Crippen molar-refractivity contribution in [3.63, 3.8) is 0 Å². The summed E-state index contributed by atoms with van der Waals surface area (Å²) < 4.78 is 35.5. The van der Waals surface area contributed by atoms with Crippen molar-refractivity contribution >= 4 is 43.5 Å². The fraction of sp³-hybridized carbons (Fsp3) is 0.257. The van der Waals surface area contributed by atoms with Crippen LogP contribution in [0.25, 0.3) is 0 Å². The third-order valence-electron chi connectivity index (χ3n) is 7.49. The fourth-order valence-corrected chi connectivity index (χ4v) is 6.49. The second kappa shape index (κ2) is 15.7. The van der Waals surface area contributed by atoms with Gasteiger partial charge in [-0.1, -0.05) is 89.6 Å². The Morgan fingerprint density at radius 2 is 1.51 bits per heavy atom. The van der Waals surface area contributed by atoms with E-state index in [9.17, 15) is 18.0 Å². The minimum absolute atomic E-state index is 0.0374. The molecular weight excluding hydrogens is 654 g/mol. The van der Waals surface area contributed by atoms with Crippen LogP contribution in [0.3, 0.4) is 0 Å². The van der Waals surface area contributed by atoms with Gasteiger partial charge in [0.2, 0.25) is 11.8 Å². The quantitative estimate of drug-likeness (QED) is 0.170. The van der Waals surface area contributed by atoms with Gasteiger partial charge in [-0.3, -0.25) is 13.9 Å². The van der Waals surface area contributed by atoms with Gasteiger partial charge in [0.25, 0.3) is 10.0 Å². The first-order valence-corrected chi connectivity index (χ1v) is 17.0. The number of nitrogens with one attached hydrogen (secondary N) is 1. The molecule has 45 heavy (non-hydrogen) atoms. The number of nitrogens with zero attached hydrogens (tertiary/aromatic N) is 2. The highest BCUT2D eigenvalue weighted by atomic mass is 79.9. The van der Waals surface area contributed by atoms with Gasteiger partial charge in [0, 0.05) is 29.5 Å². The molecule has 236 valence electrons. The zero-order valence-corrected chi connectivity index (χ0v) is 28.0. The number of rotatable bonds is 14. The van der Waals surface area contributed by atoms with E-state index in [2.05, 4.69) is 21.2 Å². The first-order valence-electron chi connectivity index (χ1n) is 14.7. The van der Waals surface area contributed by atoms with E-state index in [-0.39, 0.29) is 35.5 Å². The van der Waals surface area contributed by atoms with Crippen LogP contribution in [0.2, 0.25) is 0 Å². The highest BCUT2D eigenvalue weighted by Crippen LogP contribution is 2.28. The van der Waals surface area contributed by atoms with Gasteiger partial charge in [0.05, 0.1) is 17.7 Å². The Hall–Kier alpha value is -4.15. The lowest BCUT2D eigenvalue weighted by Crippen LogP contribution is -2.54. The Labute approximate surface area is 274 Å². The molecule has 0 bridgehead atoms. The van der Waals surface area contributed by atoms with Crippen LogP contribution < -0.4 is 14.4 Å². The summed E-state index contributed by atoms with van der Waals surface area (Å²) in [5, 5.41) is 3.05. The van der Waals surface area contributed by atoms with Crippen LogP contribution >= 0.6 is 15.9 Å². The van der Waals surface area contributed by atoms with E-state index in [4.69, 9.17) is 4.74 Å². The average Bonchev–Trinajstić information content (AvgIpc) is 3.06. The van der Waals surface area contributed by atoms with Crippen LogP contribution in [0.1, 0.15) is 31.4 Å². The number of benzene rings is 4. The Kier molecular flexibility index (Phi) is 11.8. The Morgan fingerprint density at radius 1 is 0.867 bits per heavy atom. The van der Waals surface area contributed by atoms with E-state index in [1.165, 1.54) is 24.1 Å². The van der Waals surface area contributed by atoms with Crippen molar-refractivity contribution in [1.29, 1.82) is 0 Å². The number of amides is 2. The van der Waals surface area contributed by atoms with Crippen molar-refractivity contribution < 1.29 is 22.7 Å². The van der Waals surface area contributed by atoms with Crippen molar-refractivity contribution in [2.45, 2.75) is 50.2 Å². The molecule has 0 spiro atoms. The lowest BCUT2D eigenvalue weighted by atomic mass is 10.0. The Morgan fingerprint density at radius 3 is 2.13 bits per heavy atom. The molecule has 10 heteroatoms. The number of methoxy groups -OCH3 is 1. The summed E-state index contributed by atoms with van der Waals surface area (Å²) in [5.74, 6) is -0.396. The number of ether oxygens (including phenoxy) is 1. The molecule has 0 saturated carbocycles. The lowest BCUT2D eigenvalue weighted by molar-refractivity contribution is -0.140. The molecule has 1 N–H and O–H groups in total. The van der Waals surface area contributed by atoms with E-state index >= 15 is 0 Å². The third kappa shape index (κ3) is 8.95. The van der Waals surface area contributed by atoms with Gasteiger partial charge >= 0.3 is 0 Å². The third-order valence-corrected chi connectivity index (χ3v) is 9.81. The smallest absolute Gasteiger partial charge is 0.264 e. The van der Waals surface area contributed by atoms with Crippen LogP contribution in [0.15, 0.2) is 119 Å². The van der Waals surface area contributed by atoms with Crippen LogP contribution in [-0.4, -0.2) is 50.9 Å². The molecule has 0 aliphatic rings. The van der Waals surface area contributed by atoms with E-state index in [1.807, 2.05) is 68.4 Å². The van der Waals surface area contributed by atoms with Gasteiger partial charge in [0.1, 0.15) is 18.3 Å². The number of carbonyl (C=O) groups is 2. The molecule has 4 aromatic carbocycles. The van der Waals surface area contributed by atoms with Gasteiger partial charge in [-0.05, 0) is 60.9 Å². The molecule has 0 heterocycles. The van der Waals surface area contributed by atoms with E-state index in [0.717, 1.165) is 19.9 Å². The molecule has 4 aromatic rings. The molecular formula is C35H38BrN3O5S. The summed E-state index contributed by atoms with van der Waals surface area (Å²) in [6, 6.07) is 30.5. The normalized spacial score (nSPS) is 12.5. The topological polar surface area (TPSA) is 96.0 Å². The van der Waals surface area contributed by atoms with Crippen molar-refractivity contribution in [2.75, 3.05) is 18.0 Å². The maximum atomic E-state index is 14.5. The second-order valence-corrected chi connectivity index (χ2v) is 13.5. The first kappa shape index (κ1) is 33.7. The average molecular weight is 693 g/mol. The summed E-state index contributed by atoms with van der Waals surface area (Å²) in [5.41, 5.74) is 1.93. The van der Waals surface area contributed by atoms with E-state index in [0.29, 0.717) is 12.2 Å². The van der Waals surface area contributed by atoms with Gasteiger partial charge in [-0.25, -0.2) is 8.42 Å². The maximum Gasteiger partial charge on any atom is 0.264 e. The standard InChI is InChI=1S/C35H38BrN3O5S/c1-4-26(2)37-35(41)33(22-27-12-7-5-8-13-27)38(24-28-18-20-29(36)21-19-28)34(40)25-39(30-14-11-15-31(23-30)44-3)45(42,43)32-16-9-6-10-17-32/h5-21,23,26,33H,4,22,24-25H2,1-3H3,(H,37,41)/t26-,33+/m1/s1. The second-order valence-electron chi connectivity index (χ2n) is 10.7. The van der Waals surface area contributed by atoms with E-state index in [1.54, 1.807) is 42.5 Å². The summed E-state index contributed by atoms with van der Waals surface area (Å²) in [4.78, 5) is 30.0. The van der Waals surface area contributed by atoms with Crippen molar-refractivity contribution in [3.05, 3.63) is 125 Å². The number of hydrogen-bond acceptors (Lipinski definition) is 5. The summed E-state index contributed by atoms with van der Waals surface area (Å²) in [6.45, 7) is 3.44. The van der Waals surface area contributed by atoms with Crippen molar-refractivity contribution in [3.8, 4) is 5.75 Å². The monoisotopic (exact) mass is 691 g/mol. The van der Waals surface area contributed by atoms with E-state index < -0.39 is 28.5 Å². The highest BCUT2D eigenvalue weighted by molar-refractivity contribution is 9.10. The minimum Gasteiger partial charge on any atom is -0.497 e. The Balaban J connectivity index is 1.81. The van der Waals surface area contributed by atoms with Crippen LogP contribution in [0.5, 0.6) is 5.75 Å².